The van der Waals surface area contributed by atoms with Crippen LogP contribution in [0, 0.1) is 0 Å². The van der Waals surface area contributed by atoms with Crippen molar-refractivity contribution in [1.29, 1.82) is 0 Å². The second kappa shape index (κ2) is 6.66. The third-order valence-electron chi connectivity index (χ3n) is 3.06. The van der Waals surface area contributed by atoms with Crippen LogP contribution >= 0.6 is 0 Å². The van der Waals surface area contributed by atoms with Crippen LogP contribution < -0.4 is 0 Å². The van der Waals surface area contributed by atoms with Gasteiger partial charge in [-0.3, -0.25) is 0 Å². The molecule has 0 heterocycles. The van der Waals surface area contributed by atoms with Crippen molar-refractivity contribution < 1.29 is 0 Å². The lowest BCUT2D eigenvalue weighted by molar-refractivity contribution is 0.780. The summed E-state index contributed by atoms with van der Waals surface area (Å²) in [6.45, 7) is 8.41. The molecule has 0 aliphatic heterocycles. The monoisotopic (exact) mass is 204 g/mol. The quantitative estimate of drug-likeness (QED) is 0.501. The Morgan fingerprint density at radius 3 is 2.40 bits per heavy atom. The zero-order valence-electron chi connectivity index (χ0n) is 10.3. The molecule has 0 unspecified atom stereocenters. The molecule has 0 aromatic heterocycles. The maximum absolute atomic E-state index is 3.87. The van der Waals surface area contributed by atoms with Gasteiger partial charge in [-0.1, -0.05) is 44.4 Å². The first-order chi connectivity index (χ1) is 7.33. The van der Waals surface area contributed by atoms with E-state index in [-0.39, 0.29) is 0 Å². The van der Waals surface area contributed by atoms with Gasteiger partial charge in [0.15, 0.2) is 0 Å². The molecular weight excluding hydrogens is 180 g/mol. The summed E-state index contributed by atoms with van der Waals surface area (Å²) in [5.41, 5.74) is 4.92. The molecule has 0 fully saturated rings. The first kappa shape index (κ1) is 12.3. The Labute approximate surface area is 94.8 Å². The highest BCUT2D eigenvalue weighted by atomic mass is 14.2. The zero-order chi connectivity index (χ0) is 11.1. The Bertz CT molecular complexity index is 266. The van der Waals surface area contributed by atoms with Crippen LogP contribution in [0.4, 0.5) is 0 Å². The van der Waals surface area contributed by atoms with E-state index in [1.54, 1.807) is 16.7 Å². The highest BCUT2D eigenvalue weighted by Crippen LogP contribution is 2.33. The molecular formula is C15H24. The van der Waals surface area contributed by atoms with Gasteiger partial charge in [0.1, 0.15) is 0 Å². The average molecular weight is 204 g/mol. The van der Waals surface area contributed by atoms with Crippen molar-refractivity contribution >= 4 is 0 Å². The van der Waals surface area contributed by atoms with E-state index in [1.165, 1.54) is 38.5 Å². The molecule has 0 atom stereocenters. The molecule has 0 aromatic carbocycles. The molecule has 15 heavy (non-hydrogen) atoms. The molecule has 0 saturated heterocycles. The first-order valence-corrected chi connectivity index (χ1v) is 6.34. The molecule has 0 saturated carbocycles. The normalized spacial score (nSPS) is 16.5. The lowest BCUT2D eigenvalue weighted by Crippen LogP contribution is -2.02. The average Bonchev–Trinajstić information content (AvgIpc) is 2.14. The van der Waals surface area contributed by atoms with Crippen LogP contribution in [0.2, 0.25) is 0 Å². The molecule has 1 aliphatic carbocycles. The van der Waals surface area contributed by atoms with Gasteiger partial charge in [0.05, 0.1) is 0 Å². The van der Waals surface area contributed by atoms with Gasteiger partial charge in [0.2, 0.25) is 0 Å². The first-order valence-electron chi connectivity index (χ1n) is 6.34. The van der Waals surface area contributed by atoms with Crippen LogP contribution in [-0.2, 0) is 0 Å². The van der Waals surface area contributed by atoms with Crippen LogP contribution in [0.15, 0.2) is 35.5 Å². The molecule has 0 radical (unpaired) electrons. The Balaban J connectivity index is 2.85. The molecule has 84 valence electrons. The molecule has 1 aliphatic rings. The van der Waals surface area contributed by atoms with Gasteiger partial charge in [-0.15, -0.1) is 6.58 Å². The van der Waals surface area contributed by atoms with E-state index in [4.69, 9.17) is 0 Å². The van der Waals surface area contributed by atoms with Crippen molar-refractivity contribution in [2.75, 3.05) is 0 Å². The van der Waals surface area contributed by atoms with E-state index in [0.717, 1.165) is 6.42 Å². The van der Waals surface area contributed by atoms with Gasteiger partial charge in [-0.25, -0.2) is 0 Å². The summed E-state index contributed by atoms with van der Waals surface area (Å²) in [5.74, 6) is 0. The SMILES string of the molecule is C=CC/C(CCC)=C(/CCC)C1=CCC1. The largest absolute Gasteiger partial charge is 0.103 e. The third-order valence-corrected chi connectivity index (χ3v) is 3.06. The molecule has 0 bridgehead atoms. The van der Waals surface area contributed by atoms with Crippen LogP contribution in [0.1, 0.15) is 58.8 Å². The summed E-state index contributed by atoms with van der Waals surface area (Å²) < 4.78 is 0. The predicted molar refractivity (Wildman–Crippen MR) is 69.0 cm³/mol. The van der Waals surface area contributed by atoms with Crippen molar-refractivity contribution in [1.82, 2.24) is 0 Å². The van der Waals surface area contributed by atoms with Crippen LogP contribution in [-0.4, -0.2) is 0 Å². The van der Waals surface area contributed by atoms with Gasteiger partial charge < -0.3 is 0 Å². The summed E-state index contributed by atoms with van der Waals surface area (Å²) in [7, 11) is 0. The fourth-order valence-corrected chi connectivity index (χ4v) is 2.23. The fourth-order valence-electron chi connectivity index (χ4n) is 2.23. The Kier molecular flexibility index (Phi) is 5.45. The zero-order valence-corrected chi connectivity index (χ0v) is 10.3. The van der Waals surface area contributed by atoms with Crippen molar-refractivity contribution in [2.24, 2.45) is 0 Å². The van der Waals surface area contributed by atoms with Gasteiger partial charge in [-0.2, -0.15) is 0 Å². The topological polar surface area (TPSA) is 0 Å². The van der Waals surface area contributed by atoms with E-state index in [1.807, 2.05) is 0 Å². The van der Waals surface area contributed by atoms with Gasteiger partial charge in [0, 0.05) is 0 Å². The summed E-state index contributed by atoms with van der Waals surface area (Å²) >= 11 is 0. The number of rotatable bonds is 7. The minimum atomic E-state index is 1.08. The predicted octanol–water partition coefficient (Wildman–Crippen LogP) is 5.18. The van der Waals surface area contributed by atoms with E-state index >= 15 is 0 Å². The smallest absolute Gasteiger partial charge is 0.0136 e. The second-order valence-electron chi connectivity index (χ2n) is 4.34. The van der Waals surface area contributed by atoms with E-state index in [2.05, 4.69) is 32.6 Å². The summed E-state index contributed by atoms with van der Waals surface area (Å²) in [6.07, 6.45) is 13.2. The third kappa shape index (κ3) is 3.37. The number of hydrogen-bond donors (Lipinski definition) is 0. The van der Waals surface area contributed by atoms with Crippen molar-refractivity contribution in [3.05, 3.63) is 35.5 Å². The Morgan fingerprint density at radius 1 is 1.33 bits per heavy atom. The van der Waals surface area contributed by atoms with Crippen molar-refractivity contribution in [3.63, 3.8) is 0 Å². The van der Waals surface area contributed by atoms with Crippen molar-refractivity contribution in [2.45, 2.75) is 58.8 Å². The minimum absolute atomic E-state index is 1.08. The molecule has 1 rings (SSSR count). The Morgan fingerprint density at radius 2 is 2.00 bits per heavy atom. The number of hydrogen-bond acceptors (Lipinski definition) is 0. The second-order valence-corrected chi connectivity index (χ2v) is 4.34. The maximum atomic E-state index is 3.87. The van der Waals surface area contributed by atoms with Crippen LogP contribution in [0.25, 0.3) is 0 Å². The van der Waals surface area contributed by atoms with E-state index in [0.29, 0.717) is 0 Å². The summed E-state index contributed by atoms with van der Waals surface area (Å²) in [5, 5.41) is 0. The lowest BCUT2D eigenvalue weighted by Gasteiger charge is -2.22. The van der Waals surface area contributed by atoms with Crippen LogP contribution in [0.3, 0.4) is 0 Å². The van der Waals surface area contributed by atoms with E-state index in [9.17, 15) is 0 Å². The molecule has 0 amide bonds. The maximum Gasteiger partial charge on any atom is -0.0136 e. The molecule has 0 spiro atoms. The molecule has 0 N–H and O–H groups in total. The highest BCUT2D eigenvalue weighted by molar-refractivity contribution is 5.40. The number of allylic oxidation sites excluding steroid dienone is 5. The molecule has 0 heteroatoms. The lowest BCUT2D eigenvalue weighted by atomic mass is 9.84. The fraction of sp³-hybridized carbons (Fsp3) is 0.600. The van der Waals surface area contributed by atoms with E-state index < -0.39 is 0 Å². The standard InChI is InChI=1S/C15H24/c1-4-8-13(9-5-2)15(10-6-3)14-11-7-12-14/h4,11H,1,5-10,12H2,2-3H3/b15-13+. The molecule has 0 aromatic rings. The van der Waals surface area contributed by atoms with Crippen LogP contribution in [0.5, 0.6) is 0 Å². The van der Waals surface area contributed by atoms with Crippen molar-refractivity contribution in [3.8, 4) is 0 Å². The minimum Gasteiger partial charge on any atom is -0.103 e. The van der Waals surface area contributed by atoms with Gasteiger partial charge in [-0.05, 0) is 43.3 Å². The summed E-state index contributed by atoms with van der Waals surface area (Å²) in [4.78, 5) is 0. The Hall–Kier alpha value is -0.780. The van der Waals surface area contributed by atoms with Gasteiger partial charge in [0.25, 0.3) is 0 Å². The summed E-state index contributed by atoms with van der Waals surface area (Å²) in [6, 6.07) is 0. The molecule has 0 nitrogen and oxygen atoms in total. The van der Waals surface area contributed by atoms with Gasteiger partial charge >= 0.3 is 0 Å². The highest BCUT2D eigenvalue weighted by Gasteiger charge is 2.14.